The molecular weight excluding hydrogens is 340 g/mol. The molecule has 1 fully saturated rings. The molecule has 0 aliphatic carbocycles. The van der Waals surface area contributed by atoms with E-state index >= 15 is 0 Å². The highest BCUT2D eigenvalue weighted by Gasteiger charge is 2.26. The fraction of sp³-hybridized carbons (Fsp3) is 0.476. The number of nitrogens with one attached hydrogen (secondary N) is 2. The van der Waals surface area contributed by atoms with Crippen molar-refractivity contribution in [1.82, 2.24) is 10.6 Å². The average Bonchev–Trinajstić information content (AvgIpc) is 3.24. The molecule has 1 aliphatic heterocycles. The molecule has 27 heavy (non-hydrogen) atoms. The number of furan rings is 1. The number of anilines is 1. The van der Waals surface area contributed by atoms with Crippen LogP contribution in [0.3, 0.4) is 0 Å². The predicted octanol–water partition coefficient (Wildman–Crippen LogP) is 2.71. The first-order valence-electron chi connectivity index (χ1n) is 9.69. The molecule has 0 radical (unpaired) electrons. The Morgan fingerprint density at radius 2 is 1.96 bits per heavy atom. The van der Waals surface area contributed by atoms with Gasteiger partial charge in [0.05, 0.1) is 12.8 Å². The van der Waals surface area contributed by atoms with Crippen molar-refractivity contribution >= 4 is 11.6 Å². The van der Waals surface area contributed by atoms with E-state index < -0.39 is 5.60 Å². The predicted molar refractivity (Wildman–Crippen MR) is 109 cm³/mol. The van der Waals surface area contributed by atoms with Crippen LogP contribution in [-0.2, 0) is 5.60 Å². The number of hydrogen-bond donors (Lipinski definition) is 3. The summed E-state index contributed by atoms with van der Waals surface area (Å²) in [6, 6.07) is 14.5. The van der Waals surface area contributed by atoms with E-state index in [0.717, 1.165) is 38.4 Å². The maximum Gasteiger partial charge on any atom is 0.191 e. The third-order valence-electron chi connectivity index (χ3n) is 4.90. The summed E-state index contributed by atoms with van der Waals surface area (Å²) >= 11 is 0. The summed E-state index contributed by atoms with van der Waals surface area (Å²) in [5, 5.41) is 17.4. The van der Waals surface area contributed by atoms with Crippen molar-refractivity contribution in [3.63, 3.8) is 0 Å². The molecule has 0 spiro atoms. The summed E-state index contributed by atoms with van der Waals surface area (Å²) in [5.74, 6) is 1.26. The van der Waals surface area contributed by atoms with E-state index in [1.165, 1.54) is 5.69 Å². The monoisotopic (exact) mass is 370 g/mol. The number of aliphatic imine (C=N–C) groups is 1. The lowest BCUT2D eigenvalue weighted by atomic mass is 10.0. The standard InChI is InChI=1S/C21H30N4O2/c1-3-22-20(23-16-21(2,26)19-10-7-15-27-19)24-17-11-13-25(14-12-17)18-8-5-4-6-9-18/h4-10,15,17,26H,3,11-14,16H2,1-2H3,(H2,22,23,24). The molecule has 1 unspecified atom stereocenters. The van der Waals surface area contributed by atoms with Crippen LogP contribution >= 0.6 is 0 Å². The number of guanidine groups is 1. The number of benzene rings is 1. The topological polar surface area (TPSA) is 73.0 Å². The molecule has 0 saturated carbocycles. The Bertz CT molecular complexity index is 705. The van der Waals surface area contributed by atoms with Gasteiger partial charge in [0.1, 0.15) is 11.4 Å². The van der Waals surface area contributed by atoms with E-state index in [1.807, 2.05) is 6.92 Å². The second kappa shape index (κ2) is 8.95. The minimum atomic E-state index is -1.12. The molecule has 3 N–H and O–H groups in total. The first-order chi connectivity index (χ1) is 13.1. The maximum absolute atomic E-state index is 10.6. The van der Waals surface area contributed by atoms with Crippen LogP contribution < -0.4 is 15.5 Å². The van der Waals surface area contributed by atoms with Crippen LogP contribution in [0.2, 0.25) is 0 Å². The van der Waals surface area contributed by atoms with Crippen molar-refractivity contribution in [3.05, 3.63) is 54.5 Å². The Balaban J connectivity index is 1.55. The van der Waals surface area contributed by atoms with Gasteiger partial charge in [-0.15, -0.1) is 0 Å². The summed E-state index contributed by atoms with van der Waals surface area (Å²) in [5.41, 5.74) is 0.161. The van der Waals surface area contributed by atoms with Crippen molar-refractivity contribution in [2.24, 2.45) is 4.99 Å². The molecule has 1 aliphatic rings. The summed E-state index contributed by atoms with van der Waals surface area (Å²) in [4.78, 5) is 7.00. The summed E-state index contributed by atoms with van der Waals surface area (Å²) < 4.78 is 5.33. The maximum atomic E-state index is 10.6. The van der Waals surface area contributed by atoms with Crippen LogP contribution in [0.1, 0.15) is 32.4 Å². The van der Waals surface area contributed by atoms with Gasteiger partial charge in [-0.3, -0.25) is 0 Å². The van der Waals surface area contributed by atoms with Crippen LogP contribution in [0.4, 0.5) is 5.69 Å². The van der Waals surface area contributed by atoms with Gasteiger partial charge in [0.2, 0.25) is 0 Å². The fourth-order valence-electron chi connectivity index (χ4n) is 3.33. The van der Waals surface area contributed by atoms with E-state index in [1.54, 1.807) is 25.3 Å². The molecule has 6 nitrogen and oxygen atoms in total. The lowest BCUT2D eigenvalue weighted by Gasteiger charge is -2.34. The summed E-state index contributed by atoms with van der Waals surface area (Å²) in [7, 11) is 0. The zero-order valence-corrected chi connectivity index (χ0v) is 16.2. The molecule has 146 valence electrons. The van der Waals surface area contributed by atoms with Gasteiger partial charge in [-0.05, 0) is 51.0 Å². The zero-order chi connectivity index (χ0) is 19.1. The minimum Gasteiger partial charge on any atom is -0.466 e. The molecule has 1 aromatic carbocycles. The van der Waals surface area contributed by atoms with Crippen molar-refractivity contribution < 1.29 is 9.52 Å². The van der Waals surface area contributed by atoms with E-state index in [-0.39, 0.29) is 6.54 Å². The largest absolute Gasteiger partial charge is 0.466 e. The Hall–Kier alpha value is -2.47. The number of piperidine rings is 1. The highest BCUT2D eigenvalue weighted by molar-refractivity contribution is 5.80. The minimum absolute atomic E-state index is 0.235. The zero-order valence-electron chi connectivity index (χ0n) is 16.2. The molecule has 2 aromatic rings. The van der Waals surface area contributed by atoms with Gasteiger partial charge in [-0.1, -0.05) is 18.2 Å². The van der Waals surface area contributed by atoms with Gasteiger partial charge in [-0.25, -0.2) is 4.99 Å². The molecule has 3 rings (SSSR count). The second-order valence-corrected chi connectivity index (χ2v) is 7.19. The Morgan fingerprint density at radius 3 is 2.59 bits per heavy atom. The molecule has 0 amide bonds. The molecule has 6 heteroatoms. The Kier molecular flexibility index (Phi) is 6.40. The van der Waals surface area contributed by atoms with Gasteiger partial charge >= 0.3 is 0 Å². The van der Waals surface area contributed by atoms with Crippen LogP contribution in [0.15, 0.2) is 58.1 Å². The molecule has 1 saturated heterocycles. The normalized spacial score (nSPS) is 18.2. The van der Waals surface area contributed by atoms with Gasteiger partial charge in [-0.2, -0.15) is 0 Å². The molecule has 1 atom stereocenters. The molecule has 1 aromatic heterocycles. The van der Waals surface area contributed by atoms with Crippen molar-refractivity contribution in [3.8, 4) is 0 Å². The SMILES string of the molecule is CCNC(=NCC(C)(O)c1ccco1)NC1CCN(c2ccccc2)CC1. The smallest absolute Gasteiger partial charge is 0.191 e. The first-order valence-corrected chi connectivity index (χ1v) is 9.69. The van der Waals surface area contributed by atoms with Gasteiger partial charge in [0.25, 0.3) is 0 Å². The number of rotatable bonds is 6. The number of hydrogen-bond acceptors (Lipinski definition) is 4. The quantitative estimate of drug-likeness (QED) is 0.539. The number of para-hydroxylation sites is 1. The fourth-order valence-corrected chi connectivity index (χ4v) is 3.33. The molecule has 0 bridgehead atoms. The molecular formula is C21H30N4O2. The summed E-state index contributed by atoms with van der Waals surface area (Å²) in [6.07, 6.45) is 3.67. The van der Waals surface area contributed by atoms with Crippen LogP contribution in [-0.4, -0.2) is 43.3 Å². The van der Waals surface area contributed by atoms with Crippen molar-refractivity contribution in [1.29, 1.82) is 0 Å². The van der Waals surface area contributed by atoms with Crippen LogP contribution in [0, 0.1) is 0 Å². The van der Waals surface area contributed by atoms with Crippen LogP contribution in [0.5, 0.6) is 0 Å². The van der Waals surface area contributed by atoms with Gasteiger partial charge in [0.15, 0.2) is 5.96 Å². The highest BCUT2D eigenvalue weighted by Crippen LogP contribution is 2.22. The van der Waals surface area contributed by atoms with E-state index in [9.17, 15) is 5.11 Å². The van der Waals surface area contributed by atoms with Crippen molar-refractivity contribution in [2.45, 2.75) is 38.3 Å². The van der Waals surface area contributed by atoms with E-state index in [4.69, 9.17) is 4.42 Å². The average molecular weight is 370 g/mol. The van der Waals surface area contributed by atoms with Crippen LogP contribution in [0.25, 0.3) is 0 Å². The highest BCUT2D eigenvalue weighted by atomic mass is 16.4. The lowest BCUT2D eigenvalue weighted by molar-refractivity contribution is 0.0436. The third-order valence-corrected chi connectivity index (χ3v) is 4.90. The van der Waals surface area contributed by atoms with Gasteiger partial charge in [0, 0.05) is 31.4 Å². The number of aliphatic hydroxyl groups is 1. The third kappa shape index (κ3) is 5.26. The Labute approximate surface area is 161 Å². The van der Waals surface area contributed by atoms with E-state index in [0.29, 0.717) is 11.8 Å². The Morgan fingerprint density at radius 1 is 1.22 bits per heavy atom. The first kappa shape index (κ1) is 19.3. The van der Waals surface area contributed by atoms with E-state index in [2.05, 4.69) is 50.9 Å². The molecule has 2 heterocycles. The lowest BCUT2D eigenvalue weighted by Crippen LogP contribution is -2.49. The number of nitrogens with zero attached hydrogens (tertiary/aromatic N) is 2. The van der Waals surface area contributed by atoms with Crippen molar-refractivity contribution in [2.75, 3.05) is 31.1 Å². The summed E-state index contributed by atoms with van der Waals surface area (Å²) in [6.45, 7) is 6.81. The van der Waals surface area contributed by atoms with Gasteiger partial charge < -0.3 is 25.1 Å². The second-order valence-electron chi connectivity index (χ2n) is 7.19.